The quantitative estimate of drug-likeness (QED) is 0.211. The molecular formula is C18H26N8O6. The predicted octanol–water partition coefficient (Wildman–Crippen LogP) is -3.59. The average molecular weight is 450 g/mol. The molecule has 5 rings (SSSR count). The molecule has 3 unspecified atom stereocenters. The maximum absolute atomic E-state index is 12.5. The first-order valence-electron chi connectivity index (χ1n) is 10.6. The highest BCUT2D eigenvalue weighted by molar-refractivity contribution is 6.02. The largest absolute Gasteiger partial charge is 0.438 e. The number of amides is 3. The molecule has 1 spiro atoms. The van der Waals surface area contributed by atoms with Crippen LogP contribution in [0.1, 0.15) is 25.7 Å². The molecule has 5 aliphatic rings. The fourth-order valence-electron chi connectivity index (χ4n) is 5.28. The number of hydrogen-bond acceptors (Lipinski definition) is 12. The Hall–Kier alpha value is -3.13. The third-order valence-corrected chi connectivity index (χ3v) is 6.88. The zero-order chi connectivity index (χ0) is 22.8. The number of nitrogens with two attached hydrogens (primary N) is 2. The lowest BCUT2D eigenvalue weighted by Gasteiger charge is -2.48. The number of hydrogen-bond donors (Lipinski definition) is 5. The Morgan fingerprint density at radius 3 is 2.47 bits per heavy atom. The molecule has 32 heavy (non-hydrogen) atoms. The van der Waals surface area contributed by atoms with Gasteiger partial charge in [-0.3, -0.25) is 14.5 Å². The summed E-state index contributed by atoms with van der Waals surface area (Å²) in [4.78, 5) is 49.4. The predicted molar refractivity (Wildman–Crippen MR) is 108 cm³/mol. The highest BCUT2D eigenvalue weighted by Crippen LogP contribution is 2.46. The van der Waals surface area contributed by atoms with Gasteiger partial charge in [0.15, 0.2) is 23.7 Å². The summed E-state index contributed by atoms with van der Waals surface area (Å²) in [5.41, 5.74) is 10.3. The fourth-order valence-corrected chi connectivity index (χ4v) is 5.28. The van der Waals surface area contributed by atoms with Gasteiger partial charge in [-0.2, -0.15) is 0 Å². The van der Waals surface area contributed by atoms with Gasteiger partial charge in [-0.15, -0.1) is 0 Å². The fraction of sp³-hybridized carbons (Fsp3) is 0.722. The average Bonchev–Trinajstić information content (AvgIpc) is 3.48. The van der Waals surface area contributed by atoms with E-state index in [1.807, 2.05) is 0 Å². The Kier molecular flexibility index (Phi) is 4.50. The number of nitrogens with one attached hydrogen (secondary N) is 1. The number of carbonyl (C=O) groups excluding carboxylic acids is 3. The SMILES string of the molecule is NC1=NC2C(CN3C(=O)CCC3=O)N=C(N)N3C[C@H](OC(=O)N4CCCC4)C(O)(O)C23N1. The second-order valence-electron chi connectivity index (χ2n) is 8.71. The Balaban J connectivity index is 1.46. The second kappa shape index (κ2) is 6.93. The zero-order valence-electron chi connectivity index (χ0n) is 17.3. The first-order valence-corrected chi connectivity index (χ1v) is 10.6. The number of aliphatic hydroxyl groups is 2. The topological polar surface area (TPSA) is 199 Å². The summed E-state index contributed by atoms with van der Waals surface area (Å²) in [6.07, 6.45) is -0.122. The van der Waals surface area contributed by atoms with E-state index in [1.165, 1.54) is 9.80 Å². The van der Waals surface area contributed by atoms with Gasteiger partial charge < -0.3 is 41.5 Å². The molecule has 7 N–H and O–H groups in total. The molecule has 0 saturated carbocycles. The van der Waals surface area contributed by atoms with Crippen LogP contribution in [0.2, 0.25) is 0 Å². The van der Waals surface area contributed by atoms with E-state index in [0.717, 1.165) is 17.7 Å². The van der Waals surface area contributed by atoms with Crippen molar-refractivity contribution in [3.63, 3.8) is 0 Å². The molecule has 174 valence electrons. The van der Waals surface area contributed by atoms with Gasteiger partial charge in [0.1, 0.15) is 6.04 Å². The van der Waals surface area contributed by atoms with E-state index in [-0.39, 0.29) is 49.7 Å². The van der Waals surface area contributed by atoms with Crippen LogP contribution in [0.5, 0.6) is 0 Å². The van der Waals surface area contributed by atoms with Gasteiger partial charge in [0.05, 0.1) is 19.1 Å². The van der Waals surface area contributed by atoms with E-state index in [9.17, 15) is 24.6 Å². The van der Waals surface area contributed by atoms with E-state index < -0.39 is 35.7 Å². The van der Waals surface area contributed by atoms with Crippen molar-refractivity contribution >= 4 is 29.8 Å². The number of imide groups is 1. The minimum absolute atomic E-state index is 0.0741. The van der Waals surface area contributed by atoms with Gasteiger partial charge >= 0.3 is 6.09 Å². The standard InChI is InChI=1S/C18H26N8O6/c19-14-22-13-9(7-25-11(27)3-4-12(25)28)21-15(20)26-8-10(18(30,31)17(13,26)23-14)32-16(29)24-5-1-2-6-24/h9-10,13,30-31H,1-8H2,(H2,20,21)(H3,19,22,23)/t9?,10-,13?,17?/m0/s1. The highest BCUT2D eigenvalue weighted by atomic mass is 16.6. The van der Waals surface area contributed by atoms with Crippen LogP contribution in [-0.4, -0.2) is 111 Å². The molecular weight excluding hydrogens is 424 g/mol. The van der Waals surface area contributed by atoms with E-state index in [0.29, 0.717) is 13.1 Å². The van der Waals surface area contributed by atoms with Crippen LogP contribution in [0.3, 0.4) is 0 Å². The number of rotatable bonds is 3. The van der Waals surface area contributed by atoms with Crippen molar-refractivity contribution in [1.29, 1.82) is 0 Å². The van der Waals surface area contributed by atoms with E-state index in [1.54, 1.807) is 0 Å². The zero-order valence-corrected chi connectivity index (χ0v) is 17.3. The first kappa shape index (κ1) is 20.8. The van der Waals surface area contributed by atoms with Crippen LogP contribution in [0.15, 0.2) is 9.98 Å². The van der Waals surface area contributed by atoms with E-state index in [2.05, 4.69) is 15.3 Å². The smallest absolute Gasteiger partial charge is 0.410 e. The Morgan fingerprint density at radius 2 is 1.81 bits per heavy atom. The molecule has 0 aromatic carbocycles. The molecule has 0 aromatic heterocycles. The minimum atomic E-state index is -2.66. The lowest BCUT2D eigenvalue weighted by molar-refractivity contribution is -0.257. The van der Waals surface area contributed by atoms with Crippen LogP contribution < -0.4 is 16.8 Å². The van der Waals surface area contributed by atoms with Crippen molar-refractivity contribution in [3.8, 4) is 0 Å². The second-order valence-corrected chi connectivity index (χ2v) is 8.71. The molecule has 14 heteroatoms. The molecule has 3 amide bonds. The van der Waals surface area contributed by atoms with Gasteiger partial charge in [0, 0.05) is 25.9 Å². The van der Waals surface area contributed by atoms with Crippen molar-refractivity contribution in [1.82, 2.24) is 20.0 Å². The summed E-state index contributed by atoms with van der Waals surface area (Å²) in [6, 6.07) is -1.89. The van der Waals surface area contributed by atoms with Crippen LogP contribution >= 0.6 is 0 Å². The van der Waals surface area contributed by atoms with Crippen LogP contribution in [0.4, 0.5) is 4.79 Å². The minimum Gasteiger partial charge on any atom is -0.438 e. The first-order chi connectivity index (χ1) is 15.1. The molecule has 0 aliphatic carbocycles. The molecule has 0 bridgehead atoms. The lowest BCUT2D eigenvalue weighted by Crippen LogP contribution is -2.77. The van der Waals surface area contributed by atoms with Crippen LogP contribution in [0.25, 0.3) is 0 Å². The van der Waals surface area contributed by atoms with Gasteiger partial charge in [0.25, 0.3) is 0 Å². The number of guanidine groups is 2. The number of ether oxygens (including phenoxy) is 1. The van der Waals surface area contributed by atoms with Crippen LogP contribution in [-0.2, 0) is 14.3 Å². The molecule has 5 heterocycles. The molecule has 0 aromatic rings. The summed E-state index contributed by atoms with van der Waals surface area (Å²) in [5, 5.41) is 25.4. The number of carbonyl (C=O) groups is 3. The third kappa shape index (κ3) is 2.75. The molecule has 3 fully saturated rings. The van der Waals surface area contributed by atoms with Gasteiger partial charge in [-0.25, -0.2) is 14.8 Å². The highest BCUT2D eigenvalue weighted by Gasteiger charge is 2.74. The number of nitrogens with zero attached hydrogens (tertiary/aromatic N) is 5. The third-order valence-electron chi connectivity index (χ3n) is 6.88. The summed E-state index contributed by atoms with van der Waals surface area (Å²) in [6.45, 7) is 0.767. The maximum atomic E-state index is 12.5. The van der Waals surface area contributed by atoms with Crippen molar-refractivity contribution in [2.45, 2.75) is 55.3 Å². The molecule has 14 nitrogen and oxygen atoms in total. The van der Waals surface area contributed by atoms with Crippen molar-refractivity contribution in [3.05, 3.63) is 0 Å². The summed E-state index contributed by atoms with van der Waals surface area (Å²) >= 11 is 0. The van der Waals surface area contributed by atoms with Crippen molar-refractivity contribution in [2.24, 2.45) is 21.5 Å². The van der Waals surface area contributed by atoms with E-state index >= 15 is 0 Å². The van der Waals surface area contributed by atoms with Crippen LogP contribution in [0, 0.1) is 0 Å². The molecule has 5 aliphatic heterocycles. The van der Waals surface area contributed by atoms with E-state index in [4.69, 9.17) is 16.2 Å². The summed E-state index contributed by atoms with van der Waals surface area (Å²) in [5.74, 6) is -3.50. The van der Waals surface area contributed by atoms with Gasteiger partial charge in [0.2, 0.25) is 17.6 Å². The summed E-state index contributed by atoms with van der Waals surface area (Å²) in [7, 11) is 0. The normalized spacial score (nSPS) is 35.4. The molecule has 0 radical (unpaired) electrons. The molecule has 4 atom stereocenters. The van der Waals surface area contributed by atoms with Gasteiger partial charge in [-0.05, 0) is 12.8 Å². The van der Waals surface area contributed by atoms with Crippen molar-refractivity contribution in [2.75, 3.05) is 26.2 Å². The lowest BCUT2D eigenvalue weighted by atomic mass is 9.85. The summed E-state index contributed by atoms with van der Waals surface area (Å²) < 4.78 is 5.48. The van der Waals surface area contributed by atoms with Gasteiger partial charge in [-0.1, -0.05) is 0 Å². The number of likely N-dealkylation sites (tertiary alicyclic amines) is 2. The van der Waals surface area contributed by atoms with Crippen molar-refractivity contribution < 1.29 is 29.3 Å². The number of aliphatic imine (C=N–C) groups is 2. The molecule has 3 saturated heterocycles. The Labute approximate surface area is 182 Å². The monoisotopic (exact) mass is 450 g/mol. The Morgan fingerprint density at radius 1 is 1.16 bits per heavy atom. The Bertz CT molecular complexity index is 914. The maximum Gasteiger partial charge on any atom is 0.410 e.